The van der Waals surface area contributed by atoms with Crippen molar-refractivity contribution in [2.75, 3.05) is 18.0 Å². The smallest absolute Gasteiger partial charge is 0.332 e. The van der Waals surface area contributed by atoms with Gasteiger partial charge < -0.3 is 10.6 Å². The number of pyridine rings is 1. The lowest BCUT2D eigenvalue weighted by Crippen LogP contribution is -2.43. The van der Waals surface area contributed by atoms with E-state index in [1.807, 2.05) is 48.5 Å². The Morgan fingerprint density at radius 1 is 1.06 bits per heavy atom. The molecule has 182 valence electrons. The van der Waals surface area contributed by atoms with Crippen LogP contribution in [0.25, 0.3) is 39.0 Å². The Morgan fingerprint density at radius 3 is 2.53 bits per heavy atom. The Bertz CT molecular complexity index is 1780. The van der Waals surface area contributed by atoms with E-state index in [-0.39, 0.29) is 12.6 Å². The van der Waals surface area contributed by atoms with E-state index in [4.69, 9.17) is 15.7 Å². The fraction of sp³-hybridized carbons (Fsp3) is 0.259. The number of hydrogen-bond acceptors (Lipinski definition) is 6. The van der Waals surface area contributed by atoms with Gasteiger partial charge in [0.05, 0.1) is 17.8 Å². The average molecular weight is 482 g/mol. The van der Waals surface area contributed by atoms with E-state index in [2.05, 4.69) is 11.5 Å². The van der Waals surface area contributed by atoms with Crippen LogP contribution in [0.3, 0.4) is 0 Å². The molecule has 9 nitrogen and oxygen atoms in total. The number of para-hydroxylation sites is 1. The van der Waals surface area contributed by atoms with Crippen LogP contribution in [0, 0.1) is 0 Å². The third-order valence-electron chi connectivity index (χ3n) is 7.08. The van der Waals surface area contributed by atoms with Gasteiger partial charge in [-0.25, -0.2) is 4.79 Å². The summed E-state index contributed by atoms with van der Waals surface area (Å²) in [6.07, 6.45) is 3.46. The lowest BCUT2D eigenvalue weighted by Gasteiger charge is -2.31. The van der Waals surface area contributed by atoms with Gasteiger partial charge in [-0.15, -0.1) is 0 Å². The molecule has 0 saturated carbocycles. The molecule has 0 bridgehead atoms. The minimum atomic E-state index is -0.442. The van der Waals surface area contributed by atoms with E-state index in [9.17, 15) is 9.59 Å². The molecule has 36 heavy (non-hydrogen) atoms. The maximum absolute atomic E-state index is 13.8. The molecular weight excluding hydrogens is 454 g/mol. The van der Waals surface area contributed by atoms with E-state index in [0.29, 0.717) is 29.4 Å². The summed E-state index contributed by atoms with van der Waals surface area (Å²) in [4.78, 5) is 38.9. The lowest BCUT2D eigenvalue weighted by molar-refractivity contribution is 0.499. The molecule has 0 spiro atoms. The van der Waals surface area contributed by atoms with E-state index >= 15 is 0 Å². The SMILES string of the molecule is C=Cn1c(N2CCCC(N)C2)nc2c1c(=O)n(Cc1nc3ccccc3c3ccccc13)c(=O)n2C. The van der Waals surface area contributed by atoms with Crippen LogP contribution >= 0.6 is 0 Å². The fourth-order valence-corrected chi connectivity index (χ4v) is 5.30. The molecule has 1 saturated heterocycles. The van der Waals surface area contributed by atoms with Crippen molar-refractivity contribution in [1.29, 1.82) is 0 Å². The zero-order valence-corrected chi connectivity index (χ0v) is 20.1. The fourth-order valence-electron chi connectivity index (χ4n) is 5.30. The minimum Gasteiger partial charge on any atom is -0.340 e. The van der Waals surface area contributed by atoms with Crippen LogP contribution in [-0.2, 0) is 13.6 Å². The van der Waals surface area contributed by atoms with Gasteiger partial charge in [-0.3, -0.25) is 23.5 Å². The van der Waals surface area contributed by atoms with Crippen molar-refractivity contribution in [1.82, 2.24) is 23.7 Å². The summed E-state index contributed by atoms with van der Waals surface area (Å²) in [5.41, 5.74) is 7.44. The molecule has 3 aromatic heterocycles. The quantitative estimate of drug-likeness (QED) is 0.396. The van der Waals surface area contributed by atoms with Crippen LogP contribution in [0.2, 0.25) is 0 Å². The minimum absolute atomic E-state index is 0.0320. The first kappa shape index (κ1) is 22.2. The molecule has 9 heteroatoms. The maximum atomic E-state index is 13.8. The molecule has 2 N–H and O–H groups in total. The molecule has 1 unspecified atom stereocenters. The first-order valence-electron chi connectivity index (χ1n) is 12.1. The van der Waals surface area contributed by atoms with Crippen LogP contribution in [0.15, 0.2) is 64.7 Å². The zero-order valence-electron chi connectivity index (χ0n) is 20.1. The van der Waals surface area contributed by atoms with Gasteiger partial charge in [0, 0.05) is 43.2 Å². The molecule has 2 aromatic carbocycles. The number of fused-ring (bicyclic) bond motifs is 4. The standard InChI is InChI=1S/C27H27N7O2/c1-3-33-23-24(30-26(33)32-14-8-9-17(28)15-32)31(2)27(36)34(25(23)35)16-22-20-12-5-4-10-18(20)19-11-6-7-13-21(19)29-22/h3-7,10-13,17H,1,8-9,14-16,28H2,2H3. The Morgan fingerprint density at radius 2 is 1.78 bits per heavy atom. The molecule has 1 aliphatic rings. The third kappa shape index (κ3) is 3.35. The summed E-state index contributed by atoms with van der Waals surface area (Å²) in [6.45, 7) is 5.38. The average Bonchev–Trinajstić information content (AvgIpc) is 3.30. The summed E-state index contributed by atoms with van der Waals surface area (Å²) in [7, 11) is 1.64. The number of aromatic nitrogens is 5. The van der Waals surface area contributed by atoms with Gasteiger partial charge in [0.1, 0.15) is 0 Å². The van der Waals surface area contributed by atoms with Crippen LogP contribution in [0.1, 0.15) is 18.5 Å². The number of aryl methyl sites for hydroxylation is 1. The van der Waals surface area contributed by atoms with Gasteiger partial charge in [0.2, 0.25) is 5.95 Å². The molecule has 1 atom stereocenters. The normalized spacial score (nSPS) is 16.3. The van der Waals surface area contributed by atoms with Crippen molar-refractivity contribution in [3.8, 4) is 0 Å². The van der Waals surface area contributed by atoms with Gasteiger partial charge >= 0.3 is 5.69 Å². The van der Waals surface area contributed by atoms with Crippen LogP contribution in [-0.4, -0.2) is 42.8 Å². The molecule has 1 fully saturated rings. The highest BCUT2D eigenvalue weighted by atomic mass is 16.2. The number of nitrogens with zero attached hydrogens (tertiary/aromatic N) is 6. The molecule has 0 amide bonds. The molecule has 0 radical (unpaired) electrons. The second kappa shape index (κ2) is 8.46. The van der Waals surface area contributed by atoms with E-state index in [0.717, 1.165) is 41.1 Å². The summed E-state index contributed by atoms with van der Waals surface area (Å²) in [6, 6.07) is 15.8. The molecule has 5 aromatic rings. The predicted molar refractivity (Wildman–Crippen MR) is 143 cm³/mol. The van der Waals surface area contributed by atoms with Crippen molar-refractivity contribution in [3.63, 3.8) is 0 Å². The van der Waals surface area contributed by atoms with Crippen molar-refractivity contribution < 1.29 is 0 Å². The summed E-state index contributed by atoms with van der Waals surface area (Å²) in [5, 5.41) is 2.97. The number of piperidine rings is 1. The number of imidazole rings is 1. The van der Waals surface area contributed by atoms with Gasteiger partial charge in [0.25, 0.3) is 5.56 Å². The first-order valence-corrected chi connectivity index (χ1v) is 12.1. The molecule has 4 heterocycles. The first-order chi connectivity index (χ1) is 17.5. The van der Waals surface area contributed by atoms with E-state index < -0.39 is 11.2 Å². The van der Waals surface area contributed by atoms with Crippen molar-refractivity contribution in [2.24, 2.45) is 12.8 Å². The second-order valence-electron chi connectivity index (χ2n) is 9.34. The van der Waals surface area contributed by atoms with Gasteiger partial charge in [-0.2, -0.15) is 4.98 Å². The third-order valence-corrected chi connectivity index (χ3v) is 7.08. The van der Waals surface area contributed by atoms with Crippen LogP contribution in [0.4, 0.5) is 5.95 Å². The highest BCUT2D eigenvalue weighted by molar-refractivity contribution is 6.06. The maximum Gasteiger partial charge on any atom is 0.332 e. The van der Waals surface area contributed by atoms with E-state index in [1.54, 1.807) is 17.8 Å². The van der Waals surface area contributed by atoms with Crippen molar-refractivity contribution in [3.05, 3.63) is 81.6 Å². The van der Waals surface area contributed by atoms with Gasteiger partial charge in [0.15, 0.2) is 11.2 Å². The van der Waals surface area contributed by atoms with Crippen LogP contribution < -0.4 is 21.9 Å². The Labute approximate surface area is 206 Å². The van der Waals surface area contributed by atoms with Gasteiger partial charge in [-0.05, 0) is 24.3 Å². The molecule has 0 aliphatic carbocycles. The van der Waals surface area contributed by atoms with Gasteiger partial charge in [-0.1, -0.05) is 49.0 Å². The number of benzene rings is 2. The topological polar surface area (TPSA) is 104 Å². The Kier molecular flexibility index (Phi) is 5.22. The molecule has 6 rings (SSSR count). The highest BCUT2D eigenvalue weighted by Gasteiger charge is 2.26. The van der Waals surface area contributed by atoms with Crippen LogP contribution in [0.5, 0.6) is 0 Å². The zero-order chi connectivity index (χ0) is 25.0. The van der Waals surface area contributed by atoms with E-state index in [1.165, 1.54) is 9.13 Å². The summed E-state index contributed by atoms with van der Waals surface area (Å²) < 4.78 is 4.34. The summed E-state index contributed by atoms with van der Waals surface area (Å²) >= 11 is 0. The lowest BCUT2D eigenvalue weighted by atomic mass is 10.0. The highest BCUT2D eigenvalue weighted by Crippen LogP contribution is 2.27. The Hall–Kier alpha value is -4.24. The van der Waals surface area contributed by atoms with Crippen molar-refractivity contribution >= 4 is 45.0 Å². The Balaban J connectivity index is 1.57. The number of rotatable bonds is 4. The monoisotopic (exact) mass is 481 g/mol. The van der Waals surface area contributed by atoms with Crippen molar-refractivity contribution in [2.45, 2.75) is 25.4 Å². The second-order valence-corrected chi connectivity index (χ2v) is 9.34. The number of hydrogen-bond donors (Lipinski definition) is 1. The number of nitrogens with two attached hydrogens (primary N) is 1. The largest absolute Gasteiger partial charge is 0.340 e. The molecular formula is C27H27N7O2. The summed E-state index contributed by atoms with van der Waals surface area (Å²) in [5.74, 6) is 0.578. The number of anilines is 1. The predicted octanol–water partition coefficient (Wildman–Crippen LogP) is 2.67. The molecule has 1 aliphatic heterocycles.